The second kappa shape index (κ2) is 3.82. The molecule has 0 amide bonds. The van der Waals surface area contributed by atoms with Gasteiger partial charge in [0.15, 0.2) is 0 Å². The maximum Gasteiger partial charge on any atom is 0.0951 e. The van der Waals surface area contributed by atoms with Gasteiger partial charge in [-0.1, -0.05) is 23.8 Å². The van der Waals surface area contributed by atoms with Crippen LogP contribution < -0.4 is 0 Å². The monoisotopic (exact) mass is 231 g/mol. The summed E-state index contributed by atoms with van der Waals surface area (Å²) in [6, 6.07) is 6.45. The van der Waals surface area contributed by atoms with Crippen molar-refractivity contribution in [2.24, 2.45) is 5.92 Å². The van der Waals surface area contributed by atoms with Crippen molar-refractivity contribution in [1.82, 2.24) is 4.90 Å². The first-order valence-electron chi connectivity index (χ1n) is 6.62. The van der Waals surface area contributed by atoms with Gasteiger partial charge in [0.05, 0.1) is 5.60 Å². The van der Waals surface area contributed by atoms with E-state index in [9.17, 15) is 5.11 Å². The first-order valence-corrected chi connectivity index (χ1v) is 6.62. The Balaban J connectivity index is 2.01. The van der Waals surface area contributed by atoms with Crippen molar-refractivity contribution in [1.29, 1.82) is 0 Å². The molecule has 3 atom stereocenters. The van der Waals surface area contributed by atoms with Crippen LogP contribution in [-0.2, 0) is 5.60 Å². The summed E-state index contributed by atoms with van der Waals surface area (Å²) >= 11 is 0. The van der Waals surface area contributed by atoms with Gasteiger partial charge in [0.25, 0.3) is 0 Å². The van der Waals surface area contributed by atoms with E-state index in [4.69, 9.17) is 0 Å². The zero-order chi connectivity index (χ0) is 12.0. The predicted octanol–water partition coefficient (Wildman–Crippen LogP) is 2.22. The zero-order valence-corrected chi connectivity index (χ0v) is 10.7. The third-order valence-electron chi connectivity index (χ3n) is 4.61. The molecule has 2 bridgehead atoms. The molecular weight excluding hydrogens is 210 g/mol. The molecule has 2 fully saturated rings. The Bertz CT molecular complexity index is 443. The van der Waals surface area contributed by atoms with Gasteiger partial charge in [-0.2, -0.15) is 0 Å². The Labute approximate surface area is 103 Å². The fourth-order valence-corrected chi connectivity index (χ4v) is 3.61. The highest BCUT2D eigenvalue weighted by Gasteiger charge is 2.46. The van der Waals surface area contributed by atoms with E-state index < -0.39 is 5.60 Å². The highest BCUT2D eigenvalue weighted by Crippen LogP contribution is 2.43. The Morgan fingerprint density at radius 1 is 1.29 bits per heavy atom. The molecule has 1 aromatic carbocycles. The molecule has 92 valence electrons. The molecule has 2 aliphatic heterocycles. The van der Waals surface area contributed by atoms with E-state index in [0.29, 0.717) is 5.92 Å². The first kappa shape index (κ1) is 11.2. The van der Waals surface area contributed by atoms with Crippen LogP contribution in [0, 0.1) is 19.8 Å². The molecule has 3 rings (SSSR count). The van der Waals surface area contributed by atoms with Gasteiger partial charge in [-0.15, -0.1) is 0 Å². The van der Waals surface area contributed by atoms with Gasteiger partial charge in [0.2, 0.25) is 0 Å². The molecular formula is C15H21NO. The van der Waals surface area contributed by atoms with Gasteiger partial charge in [-0.3, -0.25) is 0 Å². The molecule has 2 heteroatoms. The van der Waals surface area contributed by atoms with E-state index in [1.165, 1.54) is 11.1 Å². The number of aryl methyl sites for hydroxylation is 2. The third kappa shape index (κ3) is 1.71. The molecule has 3 unspecified atom stereocenters. The SMILES string of the molecule is Cc1ccc(C2(O)CCN3CCC2C3)c(C)c1. The fourth-order valence-electron chi connectivity index (χ4n) is 3.61. The molecule has 0 radical (unpaired) electrons. The summed E-state index contributed by atoms with van der Waals surface area (Å²) in [5, 5.41) is 11.1. The van der Waals surface area contributed by atoms with E-state index in [1.54, 1.807) is 0 Å². The van der Waals surface area contributed by atoms with Crippen molar-refractivity contribution in [2.75, 3.05) is 19.6 Å². The first-order chi connectivity index (χ1) is 8.09. The average Bonchev–Trinajstić information content (AvgIpc) is 2.69. The lowest BCUT2D eigenvalue weighted by Crippen LogP contribution is -2.44. The molecule has 0 aliphatic carbocycles. The molecule has 17 heavy (non-hydrogen) atoms. The minimum Gasteiger partial charge on any atom is -0.385 e. The number of hydrogen-bond donors (Lipinski definition) is 1. The molecule has 2 saturated heterocycles. The van der Waals surface area contributed by atoms with Gasteiger partial charge in [0.1, 0.15) is 0 Å². The normalized spacial score (nSPS) is 36.2. The summed E-state index contributed by atoms with van der Waals surface area (Å²) in [6.45, 7) is 7.52. The van der Waals surface area contributed by atoms with E-state index >= 15 is 0 Å². The van der Waals surface area contributed by atoms with Gasteiger partial charge in [0, 0.05) is 19.0 Å². The van der Waals surface area contributed by atoms with Crippen molar-refractivity contribution in [3.8, 4) is 0 Å². The standard InChI is InChI=1S/C15H21NO/c1-11-3-4-14(12(2)9-11)15(17)6-8-16-7-5-13(15)10-16/h3-4,9,13,17H,5-8,10H2,1-2H3. The largest absolute Gasteiger partial charge is 0.385 e. The zero-order valence-electron chi connectivity index (χ0n) is 10.7. The minimum atomic E-state index is -0.579. The third-order valence-corrected chi connectivity index (χ3v) is 4.61. The fraction of sp³-hybridized carbons (Fsp3) is 0.600. The second-order valence-electron chi connectivity index (χ2n) is 5.78. The van der Waals surface area contributed by atoms with E-state index in [-0.39, 0.29) is 0 Å². The summed E-state index contributed by atoms with van der Waals surface area (Å²) in [6.07, 6.45) is 2.03. The Morgan fingerprint density at radius 3 is 2.88 bits per heavy atom. The van der Waals surface area contributed by atoms with Crippen LogP contribution >= 0.6 is 0 Å². The highest BCUT2D eigenvalue weighted by molar-refractivity contribution is 5.36. The van der Waals surface area contributed by atoms with Gasteiger partial charge in [-0.05, 0) is 44.4 Å². The maximum atomic E-state index is 11.1. The van der Waals surface area contributed by atoms with Crippen LogP contribution in [0.4, 0.5) is 0 Å². The molecule has 0 spiro atoms. The summed E-state index contributed by atoms with van der Waals surface area (Å²) in [7, 11) is 0. The number of aliphatic hydroxyl groups is 1. The lowest BCUT2D eigenvalue weighted by Gasteiger charge is -2.40. The van der Waals surface area contributed by atoms with Gasteiger partial charge >= 0.3 is 0 Å². The van der Waals surface area contributed by atoms with E-state index in [0.717, 1.165) is 38.0 Å². The van der Waals surface area contributed by atoms with Crippen LogP contribution in [0.5, 0.6) is 0 Å². The number of benzene rings is 1. The lowest BCUT2D eigenvalue weighted by molar-refractivity contribution is -0.0506. The van der Waals surface area contributed by atoms with Crippen LogP contribution in [0.3, 0.4) is 0 Å². The number of rotatable bonds is 1. The number of nitrogens with zero attached hydrogens (tertiary/aromatic N) is 1. The van der Waals surface area contributed by atoms with Crippen molar-refractivity contribution in [2.45, 2.75) is 32.3 Å². The number of hydrogen-bond acceptors (Lipinski definition) is 2. The van der Waals surface area contributed by atoms with Crippen molar-refractivity contribution >= 4 is 0 Å². The molecule has 0 aromatic heterocycles. The van der Waals surface area contributed by atoms with Crippen LogP contribution in [-0.4, -0.2) is 29.6 Å². The highest BCUT2D eigenvalue weighted by atomic mass is 16.3. The maximum absolute atomic E-state index is 11.1. The van der Waals surface area contributed by atoms with Crippen molar-refractivity contribution in [3.63, 3.8) is 0 Å². The average molecular weight is 231 g/mol. The smallest absolute Gasteiger partial charge is 0.0951 e. The number of piperidine rings is 1. The summed E-state index contributed by atoms with van der Waals surface area (Å²) < 4.78 is 0. The van der Waals surface area contributed by atoms with Crippen LogP contribution in [0.25, 0.3) is 0 Å². The Morgan fingerprint density at radius 2 is 2.12 bits per heavy atom. The van der Waals surface area contributed by atoms with E-state index in [2.05, 4.69) is 36.9 Å². The second-order valence-corrected chi connectivity index (χ2v) is 5.78. The molecule has 1 aromatic rings. The van der Waals surface area contributed by atoms with Crippen LogP contribution in [0.2, 0.25) is 0 Å². The predicted molar refractivity (Wildman–Crippen MR) is 69.0 cm³/mol. The number of fused-ring (bicyclic) bond motifs is 2. The quantitative estimate of drug-likeness (QED) is 0.801. The molecule has 1 N–H and O–H groups in total. The topological polar surface area (TPSA) is 23.5 Å². The summed E-state index contributed by atoms with van der Waals surface area (Å²) in [5.41, 5.74) is 3.10. The summed E-state index contributed by atoms with van der Waals surface area (Å²) in [4.78, 5) is 2.47. The van der Waals surface area contributed by atoms with Gasteiger partial charge in [-0.25, -0.2) is 0 Å². The Hall–Kier alpha value is -0.860. The molecule has 0 saturated carbocycles. The summed E-state index contributed by atoms with van der Waals surface area (Å²) in [5.74, 6) is 0.428. The lowest BCUT2D eigenvalue weighted by atomic mass is 9.75. The van der Waals surface area contributed by atoms with Crippen molar-refractivity contribution in [3.05, 3.63) is 34.9 Å². The van der Waals surface area contributed by atoms with Gasteiger partial charge < -0.3 is 10.0 Å². The minimum absolute atomic E-state index is 0.428. The molecule has 2 aliphatic rings. The molecule has 2 heterocycles. The van der Waals surface area contributed by atoms with Crippen LogP contribution in [0.15, 0.2) is 18.2 Å². The van der Waals surface area contributed by atoms with Crippen molar-refractivity contribution < 1.29 is 5.11 Å². The Kier molecular flexibility index (Phi) is 2.53. The van der Waals surface area contributed by atoms with E-state index in [1.807, 2.05) is 0 Å². The van der Waals surface area contributed by atoms with Crippen LogP contribution in [0.1, 0.15) is 29.5 Å². The molecule has 2 nitrogen and oxygen atoms in total.